The maximum absolute atomic E-state index is 12.2. The molecule has 2 rings (SSSR count). The maximum Gasteiger partial charge on any atom is 0.251 e. The lowest BCUT2D eigenvalue weighted by molar-refractivity contribution is 0.0950. The topological polar surface area (TPSA) is 75.3 Å². The van der Waals surface area contributed by atoms with E-state index in [0.29, 0.717) is 5.02 Å². The van der Waals surface area contributed by atoms with Crippen LogP contribution in [0, 0.1) is 0 Å². The quantitative estimate of drug-likeness (QED) is 0.742. The summed E-state index contributed by atoms with van der Waals surface area (Å²) in [6.07, 6.45) is 1.44. The van der Waals surface area contributed by atoms with E-state index in [0.717, 1.165) is 5.56 Å². The minimum atomic E-state index is -3.67. The number of rotatable bonds is 7. The molecule has 0 aliphatic carbocycles. The average molecular weight is 365 g/mol. The zero-order valence-corrected chi connectivity index (χ0v) is 14.4. The zero-order valence-electron chi connectivity index (χ0n) is 12.8. The molecule has 2 aromatic rings. The summed E-state index contributed by atoms with van der Waals surface area (Å²) in [7, 11) is -3.67. The van der Waals surface area contributed by atoms with E-state index in [2.05, 4.69) is 16.6 Å². The van der Waals surface area contributed by atoms with Gasteiger partial charge in [-0.05, 0) is 29.8 Å². The predicted molar refractivity (Wildman–Crippen MR) is 94.4 cm³/mol. The van der Waals surface area contributed by atoms with E-state index in [1.54, 1.807) is 18.2 Å². The second kappa shape index (κ2) is 8.10. The highest BCUT2D eigenvalue weighted by atomic mass is 35.5. The van der Waals surface area contributed by atoms with Gasteiger partial charge in [0.15, 0.2) is 0 Å². The van der Waals surface area contributed by atoms with Crippen LogP contribution in [0.2, 0.25) is 5.02 Å². The van der Waals surface area contributed by atoms with E-state index < -0.39 is 10.0 Å². The number of carbonyl (C=O) groups excluding carboxylic acids is 1. The molecule has 0 saturated heterocycles. The van der Waals surface area contributed by atoms with Gasteiger partial charge in [0.1, 0.15) is 0 Å². The van der Waals surface area contributed by atoms with Gasteiger partial charge in [0.05, 0.1) is 4.90 Å². The first-order valence-electron chi connectivity index (χ1n) is 7.16. The smallest absolute Gasteiger partial charge is 0.251 e. The fourth-order valence-corrected chi connectivity index (χ4v) is 3.22. The Bertz CT molecular complexity index is 850. The molecule has 1 amide bonds. The third kappa shape index (κ3) is 4.67. The minimum Gasteiger partial charge on any atom is -0.348 e. The molecule has 0 aliphatic rings. The Morgan fingerprint density at radius 3 is 2.62 bits per heavy atom. The number of nitrogens with one attached hydrogen (secondary N) is 2. The van der Waals surface area contributed by atoms with E-state index in [4.69, 9.17) is 11.6 Å². The minimum absolute atomic E-state index is 0.0229. The molecule has 0 atom stereocenters. The first-order valence-corrected chi connectivity index (χ1v) is 9.02. The first-order chi connectivity index (χ1) is 11.4. The summed E-state index contributed by atoms with van der Waals surface area (Å²) >= 11 is 6.04. The van der Waals surface area contributed by atoms with Gasteiger partial charge < -0.3 is 5.32 Å². The molecule has 0 aromatic heterocycles. The molecular formula is C17H17ClN2O3S. The molecule has 24 heavy (non-hydrogen) atoms. The van der Waals surface area contributed by atoms with Crippen LogP contribution in [0.15, 0.2) is 66.1 Å². The first kappa shape index (κ1) is 18.2. The molecule has 0 radical (unpaired) electrons. The largest absolute Gasteiger partial charge is 0.348 e. The SMILES string of the molecule is C=CCNS(=O)(=O)c1cccc(C(=O)NCc2ccccc2Cl)c1. The highest BCUT2D eigenvalue weighted by molar-refractivity contribution is 7.89. The summed E-state index contributed by atoms with van der Waals surface area (Å²) in [5, 5.41) is 3.28. The number of hydrogen-bond donors (Lipinski definition) is 2. The summed E-state index contributed by atoms with van der Waals surface area (Å²) < 4.78 is 26.5. The average Bonchev–Trinajstić information content (AvgIpc) is 2.59. The van der Waals surface area contributed by atoms with E-state index in [-0.39, 0.29) is 29.5 Å². The lowest BCUT2D eigenvalue weighted by atomic mass is 10.2. The van der Waals surface area contributed by atoms with Crippen LogP contribution in [0.25, 0.3) is 0 Å². The van der Waals surface area contributed by atoms with Crippen LogP contribution in [0.4, 0.5) is 0 Å². The van der Waals surface area contributed by atoms with Gasteiger partial charge in [-0.3, -0.25) is 4.79 Å². The van der Waals surface area contributed by atoms with Crippen molar-refractivity contribution in [2.45, 2.75) is 11.4 Å². The molecule has 2 aromatic carbocycles. The highest BCUT2D eigenvalue weighted by Gasteiger charge is 2.15. The van der Waals surface area contributed by atoms with E-state index in [9.17, 15) is 13.2 Å². The fraction of sp³-hybridized carbons (Fsp3) is 0.118. The number of sulfonamides is 1. The molecule has 0 saturated carbocycles. The molecule has 0 bridgehead atoms. The fourth-order valence-electron chi connectivity index (χ4n) is 1.98. The van der Waals surface area contributed by atoms with Crippen molar-refractivity contribution < 1.29 is 13.2 Å². The number of halogens is 1. The van der Waals surface area contributed by atoms with Gasteiger partial charge in [-0.2, -0.15) is 0 Å². The molecule has 0 aliphatic heterocycles. The monoisotopic (exact) mass is 364 g/mol. The van der Waals surface area contributed by atoms with Crippen molar-refractivity contribution in [2.24, 2.45) is 0 Å². The highest BCUT2D eigenvalue weighted by Crippen LogP contribution is 2.15. The Morgan fingerprint density at radius 1 is 1.17 bits per heavy atom. The molecule has 5 nitrogen and oxygen atoms in total. The number of carbonyl (C=O) groups is 1. The van der Waals surface area contributed by atoms with E-state index in [1.807, 2.05) is 12.1 Å². The van der Waals surface area contributed by atoms with Crippen LogP contribution in [-0.4, -0.2) is 20.9 Å². The van der Waals surface area contributed by atoms with Crippen molar-refractivity contribution >= 4 is 27.5 Å². The number of hydrogen-bond acceptors (Lipinski definition) is 3. The van der Waals surface area contributed by atoms with Crippen molar-refractivity contribution in [3.63, 3.8) is 0 Å². The van der Waals surface area contributed by atoms with Crippen LogP contribution >= 0.6 is 11.6 Å². The van der Waals surface area contributed by atoms with Gasteiger partial charge in [0, 0.05) is 23.7 Å². The molecular weight excluding hydrogens is 348 g/mol. The molecule has 2 N–H and O–H groups in total. The second-order valence-electron chi connectivity index (χ2n) is 4.94. The summed E-state index contributed by atoms with van der Waals surface area (Å²) in [6, 6.07) is 13.0. The van der Waals surface area contributed by atoms with Crippen molar-refractivity contribution in [3.05, 3.63) is 77.3 Å². The zero-order chi connectivity index (χ0) is 17.6. The van der Waals surface area contributed by atoms with E-state index >= 15 is 0 Å². The third-order valence-electron chi connectivity index (χ3n) is 3.22. The van der Waals surface area contributed by atoms with Crippen LogP contribution in [0.1, 0.15) is 15.9 Å². The Kier molecular flexibility index (Phi) is 6.14. The van der Waals surface area contributed by atoms with Gasteiger partial charge >= 0.3 is 0 Å². The van der Waals surface area contributed by atoms with Crippen molar-refractivity contribution in [1.29, 1.82) is 0 Å². The Hall–Kier alpha value is -2.15. The Balaban J connectivity index is 2.12. The molecule has 0 heterocycles. The lowest BCUT2D eigenvalue weighted by Gasteiger charge is -2.09. The molecule has 0 unspecified atom stereocenters. The molecule has 0 fully saturated rings. The van der Waals surface area contributed by atoms with Crippen molar-refractivity contribution in [1.82, 2.24) is 10.0 Å². The van der Waals surface area contributed by atoms with Gasteiger partial charge in [0.25, 0.3) is 5.91 Å². The van der Waals surface area contributed by atoms with Crippen LogP contribution in [0.5, 0.6) is 0 Å². The van der Waals surface area contributed by atoms with E-state index in [1.165, 1.54) is 24.3 Å². The summed E-state index contributed by atoms with van der Waals surface area (Å²) in [5.41, 5.74) is 1.03. The molecule has 0 spiro atoms. The number of benzene rings is 2. The van der Waals surface area contributed by atoms with Gasteiger partial charge in [-0.15, -0.1) is 6.58 Å². The molecule has 126 valence electrons. The lowest BCUT2D eigenvalue weighted by Crippen LogP contribution is -2.25. The van der Waals surface area contributed by atoms with Crippen LogP contribution in [0.3, 0.4) is 0 Å². The molecule has 7 heteroatoms. The van der Waals surface area contributed by atoms with Gasteiger partial charge in [0.2, 0.25) is 10.0 Å². The third-order valence-corrected chi connectivity index (χ3v) is 5.01. The number of amides is 1. The maximum atomic E-state index is 12.2. The van der Waals surface area contributed by atoms with Gasteiger partial charge in [-0.25, -0.2) is 13.1 Å². The standard InChI is InChI=1S/C17H17ClN2O3S/c1-2-10-20-24(22,23)15-8-5-7-13(11-15)17(21)19-12-14-6-3-4-9-16(14)18/h2-9,11,20H,1,10,12H2,(H,19,21). The Labute approximate surface area is 146 Å². The van der Waals surface area contributed by atoms with Crippen LogP contribution in [-0.2, 0) is 16.6 Å². The van der Waals surface area contributed by atoms with Crippen LogP contribution < -0.4 is 10.0 Å². The summed E-state index contributed by atoms with van der Waals surface area (Å²) in [6.45, 7) is 3.83. The normalized spacial score (nSPS) is 11.0. The summed E-state index contributed by atoms with van der Waals surface area (Å²) in [5.74, 6) is -0.379. The Morgan fingerprint density at radius 2 is 1.92 bits per heavy atom. The summed E-state index contributed by atoms with van der Waals surface area (Å²) in [4.78, 5) is 12.3. The van der Waals surface area contributed by atoms with Crippen molar-refractivity contribution in [2.75, 3.05) is 6.54 Å². The van der Waals surface area contributed by atoms with Crippen molar-refractivity contribution in [3.8, 4) is 0 Å². The second-order valence-corrected chi connectivity index (χ2v) is 7.12. The van der Waals surface area contributed by atoms with Gasteiger partial charge in [-0.1, -0.05) is 41.9 Å². The predicted octanol–water partition coefficient (Wildman–Crippen LogP) is 2.73.